The number of unbranched alkanes of at least 4 members (excludes halogenated alkanes) is 2. The fraction of sp³-hybridized carbons (Fsp3) is 0.292. The number of aryl methyl sites for hydroxylation is 1. The van der Waals surface area contributed by atoms with Gasteiger partial charge in [0.25, 0.3) is 17.4 Å². The summed E-state index contributed by atoms with van der Waals surface area (Å²) in [4.78, 5) is 51.1. The summed E-state index contributed by atoms with van der Waals surface area (Å²) >= 11 is 1.54. The average Bonchev–Trinajstić information content (AvgIpc) is 3.03. The highest BCUT2D eigenvalue weighted by molar-refractivity contribution is 7.99. The standard InChI is InChI=1S/C24H25N5O4S/c1-2-3-6-12-29-24(33)17-8-5-4-7-16(17)21(28-29)23(32)27-26-22(31)15-9-10-19-18(14-15)25-20(30)11-13-34-19/h4-5,7-10,14H,2-3,6,11-13H2,1H3,(H,25,30)(H,26,31)(H,27,32). The summed E-state index contributed by atoms with van der Waals surface area (Å²) in [6.45, 7) is 2.47. The minimum absolute atomic E-state index is 0.0533. The number of hydrogen-bond donors (Lipinski definition) is 3. The Morgan fingerprint density at radius 2 is 1.82 bits per heavy atom. The van der Waals surface area contributed by atoms with E-state index in [0.29, 0.717) is 35.2 Å². The molecule has 0 aliphatic carbocycles. The van der Waals surface area contributed by atoms with Gasteiger partial charge in [-0.3, -0.25) is 30.0 Å². The third kappa shape index (κ3) is 5.12. The number of hydrazine groups is 1. The largest absolute Gasteiger partial charge is 0.325 e. The Bertz CT molecular complexity index is 1320. The first-order valence-corrected chi connectivity index (χ1v) is 12.1. The van der Waals surface area contributed by atoms with E-state index in [-0.39, 0.29) is 22.7 Å². The first-order chi connectivity index (χ1) is 16.5. The molecule has 0 atom stereocenters. The van der Waals surface area contributed by atoms with Crippen molar-refractivity contribution in [3.05, 3.63) is 64.1 Å². The zero-order valence-electron chi connectivity index (χ0n) is 18.7. The van der Waals surface area contributed by atoms with E-state index in [1.54, 1.807) is 42.5 Å². The van der Waals surface area contributed by atoms with Crippen molar-refractivity contribution >= 4 is 45.9 Å². The van der Waals surface area contributed by atoms with Crippen molar-refractivity contribution in [1.82, 2.24) is 20.6 Å². The van der Waals surface area contributed by atoms with Crippen LogP contribution in [0.15, 0.2) is 52.2 Å². The predicted molar refractivity (Wildman–Crippen MR) is 131 cm³/mol. The molecule has 3 amide bonds. The molecular weight excluding hydrogens is 454 g/mol. The summed E-state index contributed by atoms with van der Waals surface area (Å²) in [7, 11) is 0. The van der Waals surface area contributed by atoms with Gasteiger partial charge in [-0.15, -0.1) is 11.8 Å². The van der Waals surface area contributed by atoms with Gasteiger partial charge < -0.3 is 5.32 Å². The van der Waals surface area contributed by atoms with Crippen molar-refractivity contribution in [1.29, 1.82) is 0 Å². The van der Waals surface area contributed by atoms with Crippen LogP contribution in [0.4, 0.5) is 5.69 Å². The third-order valence-corrected chi connectivity index (χ3v) is 6.52. The molecular formula is C24H25N5O4S. The Labute approximate surface area is 200 Å². The summed E-state index contributed by atoms with van der Waals surface area (Å²) in [5.74, 6) is -0.612. The molecule has 1 aliphatic heterocycles. The fourth-order valence-corrected chi connectivity index (χ4v) is 4.61. The van der Waals surface area contributed by atoms with Crippen LogP contribution in [0.3, 0.4) is 0 Å². The van der Waals surface area contributed by atoms with Crippen molar-refractivity contribution in [3.8, 4) is 0 Å². The van der Waals surface area contributed by atoms with Crippen molar-refractivity contribution in [3.63, 3.8) is 0 Å². The molecule has 0 spiro atoms. The molecule has 0 bridgehead atoms. The molecule has 9 nitrogen and oxygen atoms in total. The quantitative estimate of drug-likeness (QED) is 0.369. The highest BCUT2D eigenvalue weighted by atomic mass is 32.2. The van der Waals surface area contributed by atoms with Crippen LogP contribution in [0.25, 0.3) is 10.8 Å². The second-order valence-electron chi connectivity index (χ2n) is 7.90. The molecule has 34 heavy (non-hydrogen) atoms. The predicted octanol–water partition coefficient (Wildman–Crippen LogP) is 3.10. The van der Waals surface area contributed by atoms with E-state index in [9.17, 15) is 19.2 Å². The SMILES string of the molecule is CCCCCn1nc(C(=O)NNC(=O)c2ccc3c(c2)NC(=O)CCS3)c2ccccc2c1=O. The van der Waals surface area contributed by atoms with Gasteiger partial charge in [-0.1, -0.05) is 38.0 Å². The molecule has 3 N–H and O–H groups in total. The van der Waals surface area contributed by atoms with Crippen LogP contribution < -0.4 is 21.7 Å². The average molecular weight is 480 g/mol. The molecule has 3 aromatic rings. The summed E-state index contributed by atoms with van der Waals surface area (Å²) < 4.78 is 1.31. The van der Waals surface area contributed by atoms with Gasteiger partial charge in [0.1, 0.15) is 0 Å². The number of rotatable bonds is 6. The third-order valence-electron chi connectivity index (χ3n) is 5.45. The molecule has 1 aromatic heterocycles. The Kier molecular flexibility index (Phi) is 7.27. The molecule has 2 heterocycles. The summed E-state index contributed by atoms with van der Waals surface area (Å²) in [5.41, 5.74) is 5.44. The summed E-state index contributed by atoms with van der Waals surface area (Å²) in [6, 6.07) is 11.8. The molecule has 0 saturated carbocycles. The Morgan fingerprint density at radius 3 is 2.62 bits per heavy atom. The van der Waals surface area contributed by atoms with Crippen LogP contribution in [-0.2, 0) is 11.3 Å². The van der Waals surface area contributed by atoms with Crippen LogP contribution in [0.1, 0.15) is 53.5 Å². The van der Waals surface area contributed by atoms with E-state index >= 15 is 0 Å². The number of aromatic nitrogens is 2. The van der Waals surface area contributed by atoms with Gasteiger partial charge >= 0.3 is 0 Å². The molecule has 0 radical (unpaired) electrons. The van der Waals surface area contributed by atoms with Crippen LogP contribution in [0, 0.1) is 0 Å². The Balaban J connectivity index is 1.53. The maximum atomic E-state index is 12.9. The zero-order valence-corrected chi connectivity index (χ0v) is 19.5. The normalized spacial score (nSPS) is 13.0. The molecule has 0 fully saturated rings. The topological polar surface area (TPSA) is 122 Å². The highest BCUT2D eigenvalue weighted by Crippen LogP contribution is 2.31. The number of anilines is 1. The van der Waals surface area contributed by atoms with Crippen LogP contribution in [0.5, 0.6) is 0 Å². The number of benzene rings is 2. The number of carbonyl (C=O) groups is 3. The van der Waals surface area contributed by atoms with Gasteiger partial charge in [-0.2, -0.15) is 5.10 Å². The number of amides is 3. The van der Waals surface area contributed by atoms with Crippen LogP contribution in [0.2, 0.25) is 0 Å². The Hall–Kier alpha value is -3.66. The minimum atomic E-state index is -0.632. The van der Waals surface area contributed by atoms with Crippen LogP contribution >= 0.6 is 11.8 Å². The van der Waals surface area contributed by atoms with Gasteiger partial charge in [0.2, 0.25) is 5.91 Å². The smallest absolute Gasteiger partial charge is 0.290 e. The molecule has 0 unspecified atom stereocenters. The number of hydrogen-bond acceptors (Lipinski definition) is 6. The molecule has 0 saturated heterocycles. The van der Waals surface area contributed by atoms with E-state index in [2.05, 4.69) is 28.2 Å². The molecule has 10 heteroatoms. The zero-order chi connectivity index (χ0) is 24.1. The van der Waals surface area contributed by atoms with E-state index in [0.717, 1.165) is 24.2 Å². The molecule has 176 valence electrons. The summed E-state index contributed by atoms with van der Waals surface area (Å²) in [6.07, 6.45) is 3.11. The van der Waals surface area contributed by atoms with Gasteiger partial charge in [0, 0.05) is 34.6 Å². The highest BCUT2D eigenvalue weighted by Gasteiger charge is 2.19. The molecule has 2 aromatic carbocycles. The monoisotopic (exact) mass is 479 g/mol. The van der Waals surface area contributed by atoms with Gasteiger partial charge in [0.05, 0.1) is 11.1 Å². The maximum absolute atomic E-state index is 12.9. The van der Waals surface area contributed by atoms with Gasteiger partial charge in [0.15, 0.2) is 5.69 Å². The number of carbonyl (C=O) groups excluding carboxylic acids is 3. The fourth-order valence-electron chi connectivity index (χ4n) is 3.67. The van der Waals surface area contributed by atoms with E-state index in [4.69, 9.17) is 0 Å². The van der Waals surface area contributed by atoms with Crippen LogP contribution in [-0.4, -0.2) is 33.3 Å². The van der Waals surface area contributed by atoms with Gasteiger partial charge in [-0.05, 0) is 30.7 Å². The number of nitrogens with zero attached hydrogens (tertiary/aromatic N) is 2. The van der Waals surface area contributed by atoms with E-state index in [1.807, 2.05) is 0 Å². The van der Waals surface area contributed by atoms with Gasteiger partial charge in [-0.25, -0.2) is 4.68 Å². The lowest BCUT2D eigenvalue weighted by molar-refractivity contribution is -0.115. The molecule has 4 rings (SSSR count). The minimum Gasteiger partial charge on any atom is -0.325 e. The number of fused-ring (bicyclic) bond motifs is 2. The van der Waals surface area contributed by atoms with Crippen molar-refractivity contribution in [2.24, 2.45) is 0 Å². The Morgan fingerprint density at radius 1 is 1.06 bits per heavy atom. The maximum Gasteiger partial charge on any atom is 0.290 e. The first kappa shape index (κ1) is 23.5. The summed E-state index contributed by atoms with van der Waals surface area (Å²) in [5, 5.41) is 7.89. The van der Waals surface area contributed by atoms with E-state index in [1.165, 1.54) is 16.4 Å². The lowest BCUT2D eigenvalue weighted by Gasteiger charge is -2.12. The lowest BCUT2D eigenvalue weighted by Crippen LogP contribution is -2.42. The lowest BCUT2D eigenvalue weighted by atomic mass is 10.1. The van der Waals surface area contributed by atoms with Crippen molar-refractivity contribution < 1.29 is 14.4 Å². The second kappa shape index (κ2) is 10.5. The van der Waals surface area contributed by atoms with Crippen molar-refractivity contribution in [2.75, 3.05) is 11.1 Å². The second-order valence-corrected chi connectivity index (χ2v) is 9.03. The number of nitrogens with one attached hydrogen (secondary N) is 3. The van der Waals surface area contributed by atoms with Crippen molar-refractivity contribution in [2.45, 2.75) is 44.0 Å². The van der Waals surface area contributed by atoms with E-state index < -0.39 is 11.8 Å². The molecule has 1 aliphatic rings. The first-order valence-electron chi connectivity index (χ1n) is 11.1. The number of thioether (sulfide) groups is 1.